The minimum absolute atomic E-state index is 0.329. The Morgan fingerprint density at radius 1 is 0.615 bits per heavy atom. The molecule has 2 N–H and O–H groups in total. The number of benzene rings is 4. The van der Waals surface area contributed by atoms with Crippen molar-refractivity contribution in [2.24, 2.45) is 0 Å². The minimum Gasteiger partial charge on any atom is -0.321 e. The Morgan fingerprint density at radius 3 is 1.28 bits per heavy atom. The second-order valence-electron chi connectivity index (χ2n) is 9.17. The maximum Gasteiger partial charge on any atom is 0.402 e. The van der Waals surface area contributed by atoms with Gasteiger partial charge in [0.25, 0.3) is 0 Å². The van der Waals surface area contributed by atoms with Crippen LogP contribution in [0.3, 0.4) is 0 Å². The molecule has 0 heterocycles. The standard InChI is InChI=1S/C28H20F7O3P/c1-15-3-5-16(6-4-15)17-7-9-18(10-8-17)19-11-13-20(14-12-19)27(2,28(33,34)35)21-22(29)24(31)26(39(36,37)38)25(32)23(21)30/h3-14H,1-2H3,(H2,36,37,38). The summed E-state index contributed by atoms with van der Waals surface area (Å²) in [5, 5.41) is -2.28. The van der Waals surface area contributed by atoms with Crippen LogP contribution in [0.2, 0.25) is 0 Å². The monoisotopic (exact) mass is 568 g/mol. The van der Waals surface area contributed by atoms with Crippen LogP contribution in [-0.2, 0) is 9.98 Å². The predicted octanol–water partition coefficient (Wildman–Crippen LogP) is 7.56. The van der Waals surface area contributed by atoms with Gasteiger partial charge in [-0.1, -0.05) is 78.4 Å². The van der Waals surface area contributed by atoms with E-state index in [1.54, 1.807) is 12.1 Å². The van der Waals surface area contributed by atoms with Gasteiger partial charge in [-0.3, -0.25) is 4.57 Å². The van der Waals surface area contributed by atoms with E-state index in [4.69, 9.17) is 9.79 Å². The van der Waals surface area contributed by atoms with Gasteiger partial charge in [0.05, 0.1) is 0 Å². The molecule has 0 spiro atoms. The second kappa shape index (κ2) is 9.93. The highest BCUT2D eigenvalue weighted by molar-refractivity contribution is 7.60. The van der Waals surface area contributed by atoms with E-state index in [1.807, 2.05) is 43.3 Å². The molecule has 0 radical (unpaired) electrons. The summed E-state index contributed by atoms with van der Waals surface area (Å²) in [5.41, 5.74) is -2.42. The van der Waals surface area contributed by atoms with Crippen LogP contribution >= 0.6 is 7.60 Å². The smallest absolute Gasteiger partial charge is 0.321 e. The molecule has 0 bridgehead atoms. The van der Waals surface area contributed by atoms with Gasteiger partial charge in [-0.15, -0.1) is 0 Å². The van der Waals surface area contributed by atoms with Crippen molar-refractivity contribution in [2.75, 3.05) is 0 Å². The van der Waals surface area contributed by atoms with E-state index in [-0.39, 0.29) is 0 Å². The molecule has 39 heavy (non-hydrogen) atoms. The molecular weight excluding hydrogens is 548 g/mol. The van der Waals surface area contributed by atoms with Gasteiger partial charge in [-0.2, -0.15) is 13.2 Å². The molecular formula is C28H20F7O3P. The van der Waals surface area contributed by atoms with E-state index < -0.39 is 58.9 Å². The molecule has 0 fully saturated rings. The zero-order valence-corrected chi connectivity index (χ0v) is 21.2. The first-order valence-electron chi connectivity index (χ1n) is 11.3. The summed E-state index contributed by atoms with van der Waals surface area (Å²) in [6, 6.07) is 19.2. The lowest BCUT2D eigenvalue weighted by Gasteiger charge is -2.34. The number of hydrogen-bond donors (Lipinski definition) is 2. The number of alkyl halides is 3. The van der Waals surface area contributed by atoms with E-state index >= 15 is 0 Å². The highest BCUT2D eigenvalue weighted by Gasteiger charge is 2.57. The van der Waals surface area contributed by atoms with Crippen molar-refractivity contribution in [3.63, 3.8) is 0 Å². The zero-order valence-electron chi connectivity index (χ0n) is 20.3. The Morgan fingerprint density at radius 2 is 0.949 bits per heavy atom. The van der Waals surface area contributed by atoms with Gasteiger partial charge in [0.15, 0.2) is 23.3 Å². The quantitative estimate of drug-likeness (QED) is 0.149. The van der Waals surface area contributed by atoms with E-state index in [1.165, 1.54) is 12.1 Å². The summed E-state index contributed by atoms with van der Waals surface area (Å²) in [6.07, 6.45) is -5.48. The highest BCUT2D eigenvalue weighted by Crippen LogP contribution is 2.50. The number of aryl methyl sites for hydroxylation is 1. The van der Waals surface area contributed by atoms with Crippen LogP contribution in [0, 0.1) is 30.2 Å². The molecule has 0 amide bonds. The van der Waals surface area contributed by atoms with Gasteiger partial charge in [0.1, 0.15) is 10.7 Å². The SMILES string of the molecule is Cc1ccc(-c2ccc(-c3ccc(C(C)(c4c(F)c(F)c(P(=O)(O)O)c(F)c4F)C(F)(F)F)cc3)cc2)cc1. The van der Waals surface area contributed by atoms with E-state index in [0.717, 1.165) is 28.8 Å². The Bertz CT molecular complexity index is 1550. The van der Waals surface area contributed by atoms with Crippen molar-refractivity contribution in [3.8, 4) is 22.3 Å². The Balaban J connectivity index is 1.79. The molecule has 0 saturated carbocycles. The van der Waals surface area contributed by atoms with Crippen molar-refractivity contribution >= 4 is 12.9 Å². The summed E-state index contributed by atoms with van der Waals surface area (Å²) >= 11 is 0. The highest BCUT2D eigenvalue weighted by atomic mass is 31.2. The number of rotatable bonds is 5. The maximum atomic E-state index is 14.9. The largest absolute Gasteiger partial charge is 0.402 e. The van der Waals surface area contributed by atoms with Crippen molar-refractivity contribution in [2.45, 2.75) is 25.4 Å². The fourth-order valence-corrected chi connectivity index (χ4v) is 5.07. The van der Waals surface area contributed by atoms with Gasteiger partial charge >= 0.3 is 13.8 Å². The third-order valence-electron chi connectivity index (χ3n) is 6.66. The van der Waals surface area contributed by atoms with Crippen LogP contribution in [0.4, 0.5) is 30.7 Å². The predicted molar refractivity (Wildman–Crippen MR) is 133 cm³/mol. The Labute approximate surface area is 218 Å². The molecule has 0 saturated heterocycles. The first-order valence-corrected chi connectivity index (χ1v) is 13.0. The molecule has 4 rings (SSSR count). The molecule has 0 aliphatic heterocycles. The summed E-state index contributed by atoms with van der Waals surface area (Å²) < 4.78 is 113. The van der Waals surface area contributed by atoms with Crippen LogP contribution in [0.25, 0.3) is 22.3 Å². The van der Waals surface area contributed by atoms with Gasteiger partial charge < -0.3 is 9.79 Å². The van der Waals surface area contributed by atoms with Gasteiger partial charge in [-0.25, -0.2) is 17.6 Å². The van der Waals surface area contributed by atoms with Crippen LogP contribution in [0.1, 0.15) is 23.6 Å². The van der Waals surface area contributed by atoms with Crippen LogP contribution in [-0.4, -0.2) is 16.0 Å². The normalized spacial score (nSPS) is 13.8. The van der Waals surface area contributed by atoms with E-state index in [0.29, 0.717) is 18.1 Å². The molecule has 3 nitrogen and oxygen atoms in total. The van der Waals surface area contributed by atoms with E-state index in [2.05, 4.69) is 0 Å². The first kappa shape index (κ1) is 28.5. The average Bonchev–Trinajstić information content (AvgIpc) is 2.87. The molecule has 1 atom stereocenters. The van der Waals surface area contributed by atoms with Gasteiger partial charge in [0, 0.05) is 5.56 Å². The summed E-state index contributed by atoms with van der Waals surface area (Å²) in [6.45, 7) is 2.28. The third-order valence-corrected chi connectivity index (χ3v) is 7.64. The van der Waals surface area contributed by atoms with Crippen LogP contribution in [0.5, 0.6) is 0 Å². The molecule has 11 heteroatoms. The second-order valence-corrected chi connectivity index (χ2v) is 10.7. The lowest BCUT2D eigenvalue weighted by molar-refractivity contribution is -0.174. The maximum absolute atomic E-state index is 14.9. The van der Waals surface area contributed by atoms with Gasteiger partial charge in [0.2, 0.25) is 0 Å². The molecule has 204 valence electrons. The lowest BCUT2D eigenvalue weighted by atomic mass is 9.74. The topological polar surface area (TPSA) is 57.5 Å². The fourth-order valence-electron chi connectivity index (χ4n) is 4.36. The molecule has 0 aliphatic rings. The molecule has 4 aromatic rings. The lowest BCUT2D eigenvalue weighted by Crippen LogP contribution is -2.43. The molecule has 1 unspecified atom stereocenters. The molecule has 0 aromatic heterocycles. The van der Waals surface area contributed by atoms with Crippen LogP contribution in [0.15, 0.2) is 72.8 Å². The average molecular weight is 568 g/mol. The summed E-state index contributed by atoms with van der Waals surface area (Å²) in [5.74, 6) is -10.3. The zero-order chi connectivity index (χ0) is 28.9. The molecule has 0 aliphatic carbocycles. The first-order chi connectivity index (χ1) is 18.1. The minimum atomic E-state index is -5.91. The fraction of sp³-hybridized carbons (Fsp3) is 0.143. The van der Waals surface area contributed by atoms with Crippen LogP contribution < -0.4 is 5.30 Å². The summed E-state index contributed by atoms with van der Waals surface area (Å²) in [4.78, 5) is 18.2. The molecule has 4 aromatic carbocycles. The Kier molecular flexibility index (Phi) is 7.27. The van der Waals surface area contributed by atoms with Crippen molar-refractivity contribution < 1.29 is 45.1 Å². The summed E-state index contributed by atoms with van der Waals surface area (Å²) in [7, 11) is -5.91. The Hall–Kier alpha value is -3.46. The number of halogens is 7. The van der Waals surface area contributed by atoms with Gasteiger partial charge in [-0.05, 0) is 41.7 Å². The van der Waals surface area contributed by atoms with Crippen molar-refractivity contribution in [1.82, 2.24) is 0 Å². The number of hydrogen-bond acceptors (Lipinski definition) is 1. The van der Waals surface area contributed by atoms with E-state index in [9.17, 15) is 35.3 Å². The van der Waals surface area contributed by atoms with Crippen molar-refractivity contribution in [3.05, 3.63) is 113 Å². The van der Waals surface area contributed by atoms with Crippen molar-refractivity contribution in [1.29, 1.82) is 0 Å². The third kappa shape index (κ3) is 5.00.